The molecule has 0 aromatic heterocycles. The molecular formula is C23H23N3O3. The van der Waals surface area contributed by atoms with Gasteiger partial charge in [-0.25, -0.2) is 9.80 Å². The number of nitrogens with zero attached hydrogens (tertiary/aromatic N) is 3. The third-order valence-electron chi connectivity index (χ3n) is 5.57. The summed E-state index contributed by atoms with van der Waals surface area (Å²) in [6, 6.07) is 16.0. The summed E-state index contributed by atoms with van der Waals surface area (Å²) in [7, 11) is 3.97. The Hall–Kier alpha value is -3.41. The van der Waals surface area contributed by atoms with E-state index in [9.17, 15) is 9.59 Å². The number of aliphatic carboxylic acids is 1. The standard InChI is InChI=1S/C23H23N3O3/c1-25(2)17-10-7-16(8-11-17)23-19-12-9-15-5-3-4-6-18(15)22(19)24-26(23)20(27)13-14-21(28)29/h3-8,10-11,13-14,19,23H,9,12H2,1-2H3,(H,28,29)/b14-13+. The lowest BCUT2D eigenvalue weighted by molar-refractivity contribution is -0.132. The van der Waals surface area contributed by atoms with Gasteiger partial charge in [0.15, 0.2) is 0 Å². The van der Waals surface area contributed by atoms with E-state index < -0.39 is 11.9 Å². The Kier molecular flexibility index (Phi) is 4.92. The van der Waals surface area contributed by atoms with Crippen LogP contribution in [0.2, 0.25) is 0 Å². The molecule has 1 N–H and O–H groups in total. The summed E-state index contributed by atoms with van der Waals surface area (Å²) in [5.74, 6) is -1.49. The van der Waals surface area contributed by atoms with Crippen molar-refractivity contribution in [1.82, 2.24) is 5.01 Å². The monoisotopic (exact) mass is 389 g/mol. The fourth-order valence-corrected chi connectivity index (χ4v) is 4.17. The number of hydrogen-bond donors (Lipinski definition) is 1. The lowest BCUT2D eigenvalue weighted by Crippen LogP contribution is -2.31. The van der Waals surface area contributed by atoms with Crippen molar-refractivity contribution in [2.24, 2.45) is 11.0 Å². The highest BCUT2D eigenvalue weighted by Gasteiger charge is 2.43. The summed E-state index contributed by atoms with van der Waals surface area (Å²) in [5, 5.41) is 15.1. The molecule has 2 aromatic carbocycles. The van der Waals surface area contributed by atoms with Gasteiger partial charge in [-0.2, -0.15) is 5.10 Å². The Morgan fingerprint density at radius 3 is 2.52 bits per heavy atom. The molecule has 1 amide bonds. The first kappa shape index (κ1) is 18.9. The van der Waals surface area contributed by atoms with Gasteiger partial charge in [0.05, 0.1) is 11.8 Å². The van der Waals surface area contributed by atoms with Crippen LogP contribution in [0, 0.1) is 5.92 Å². The van der Waals surface area contributed by atoms with Crippen molar-refractivity contribution in [2.45, 2.75) is 18.9 Å². The van der Waals surface area contributed by atoms with Gasteiger partial charge in [-0.3, -0.25) is 4.79 Å². The van der Waals surface area contributed by atoms with Gasteiger partial charge in [-0.15, -0.1) is 0 Å². The van der Waals surface area contributed by atoms with Gasteiger partial charge in [0.1, 0.15) is 0 Å². The molecular weight excluding hydrogens is 366 g/mol. The van der Waals surface area contributed by atoms with E-state index in [0.717, 1.165) is 47.5 Å². The van der Waals surface area contributed by atoms with Crippen molar-refractivity contribution in [3.63, 3.8) is 0 Å². The van der Waals surface area contributed by atoms with Crippen molar-refractivity contribution in [2.75, 3.05) is 19.0 Å². The maximum Gasteiger partial charge on any atom is 0.328 e. The number of amides is 1. The zero-order valence-corrected chi connectivity index (χ0v) is 16.4. The molecule has 4 rings (SSSR count). The van der Waals surface area contributed by atoms with Crippen LogP contribution in [0.15, 0.2) is 65.8 Å². The molecule has 0 spiro atoms. The molecule has 29 heavy (non-hydrogen) atoms. The minimum atomic E-state index is -1.15. The van der Waals surface area contributed by atoms with Gasteiger partial charge < -0.3 is 10.0 Å². The summed E-state index contributed by atoms with van der Waals surface area (Å²) < 4.78 is 0. The topological polar surface area (TPSA) is 73.2 Å². The van der Waals surface area contributed by atoms with Crippen molar-refractivity contribution in [1.29, 1.82) is 0 Å². The molecule has 1 aliphatic carbocycles. The summed E-state index contributed by atoms with van der Waals surface area (Å²) in [6.07, 6.45) is 3.77. The van der Waals surface area contributed by atoms with Crippen molar-refractivity contribution >= 4 is 23.3 Å². The molecule has 0 radical (unpaired) electrons. The molecule has 0 saturated carbocycles. The van der Waals surface area contributed by atoms with Gasteiger partial charge >= 0.3 is 5.97 Å². The number of carboxylic acid groups (broad SMARTS) is 1. The number of anilines is 1. The SMILES string of the molecule is CN(C)c1ccc(C2C3CCc4ccccc4C3=NN2C(=O)/C=C/C(=O)O)cc1. The highest BCUT2D eigenvalue weighted by molar-refractivity contribution is 6.07. The van der Waals surface area contributed by atoms with E-state index >= 15 is 0 Å². The number of carbonyl (C=O) groups is 2. The smallest absolute Gasteiger partial charge is 0.328 e. The number of carbonyl (C=O) groups excluding carboxylic acids is 1. The summed E-state index contributed by atoms with van der Waals surface area (Å²) in [6.45, 7) is 0. The Labute approximate surface area is 169 Å². The summed E-state index contributed by atoms with van der Waals surface area (Å²) >= 11 is 0. The zero-order chi connectivity index (χ0) is 20.5. The Morgan fingerprint density at radius 1 is 1.10 bits per heavy atom. The second-order valence-corrected chi connectivity index (χ2v) is 7.57. The fraction of sp³-hybridized carbons (Fsp3) is 0.261. The number of hydrogen-bond acceptors (Lipinski definition) is 4. The molecule has 0 bridgehead atoms. The highest BCUT2D eigenvalue weighted by atomic mass is 16.4. The minimum absolute atomic E-state index is 0.0808. The maximum absolute atomic E-state index is 12.8. The van der Waals surface area contributed by atoms with Crippen LogP contribution in [0.3, 0.4) is 0 Å². The van der Waals surface area contributed by atoms with Crippen LogP contribution in [0.4, 0.5) is 5.69 Å². The normalized spacial score (nSPS) is 20.2. The van der Waals surface area contributed by atoms with E-state index in [0.29, 0.717) is 0 Å². The largest absolute Gasteiger partial charge is 0.478 e. The molecule has 0 saturated heterocycles. The minimum Gasteiger partial charge on any atom is -0.478 e. The number of hydrazone groups is 1. The second-order valence-electron chi connectivity index (χ2n) is 7.57. The van der Waals surface area contributed by atoms with Gasteiger partial charge in [0.2, 0.25) is 0 Å². The van der Waals surface area contributed by atoms with E-state index in [1.54, 1.807) is 0 Å². The molecule has 1 heterocycles. The zero-order valence-electron chi connectivity index (χ0n) is 16.4. The lowest BCUT2D eigenvalue weighted by atomic mass is 9.77. The van der Waals surface area contributed by atoms with Gasteiger partial charge in [-0.05, 0) is 36.1 Å². The maximum atomic E-state index is 12.8. The molecule has 6 heteroatoms. The quantitative estimate of drug-likeness (QED) is 0.815. The van der Waals surface area contributed by atoms with Gasteiger partial charge in [0, 0.05) is 43.4 Å². The molecule has 2 atom stereocenters. The number of carboxylic acids is 1. The van der Waals surface area contributed by atoms with Crippen LogP contribution < -0.4 is 4.90 Å². The first-order valence-electron chi connectivity index (χ1n) is 9.64. The number of aryl methyl sites for hydroxylation is 1. The Morgan fingerprint density at radius 2 is 1.83 bits per heavy atom. The van der Waals surface area contributed by atoms with Gasteiger partial charge in [0.25, 0.3) is 5.91 Å². The van der Waals surface area contributed by atoms with Gasteiger partial charge in [-0.1, -0.05) is 36.4 Å². The molecule has 2 aliphatic rings. The molecule has 2 unspecified atom stereocenters. The molecule has 1 aliphatic heterocycles. The Balaban J connectivity index is 1.76. The van der Waals surface area contributed by atoms with Crippen molar-refractivity contribution < 1.29 is 14.7 Å². The lowest BCUT2D eigenvalue weighted by Gasteiger charge is -2.29. The van der Waals surface area contributed by atoms with Crippen molar-refractivity contribution in [3.8, 4) is 0 Å². The van der Waals surface area contributed by atoms with Crippen LogP contribution in [0.1, 0.15) is 29.2 Å². The predicted molar refractivity (Wildman–Crippen MR) is 112 cm³/mol. The van der Waals surface area contributed by atoms with Crippen LogP contribution in [-0.4, -0.2) is 41.8 Å². The van der Waals surface area contributed by atoms with E-state index in [1.165, 1.54) is 10.6 Å². The molecule has 148 valence electrons. The van der Waals surface area contributed by atoms with E-state index in [4.69, 9.17) is 10.2 Å². The van der Waals surface area contributed by atoms with E-state index in [2.05, 4.69) is 6.07 Å². The number of fused-ring (bicyclic) bond motifs is 3. The predicted octanol–water partition coefficient (Wildman–Crippen LogP) is 3.24. The van der Waals surface area contributed by atoms with Crippen molar-refractivity contribution in [3.05, 3.63) is 77.4 Å². The number of rotatable bonds is 4. The average molecular weight is 389 g/mol. The molecule has 6 nitrogen and oxygen atoms in total. The molecule has 2 aromatic rings. The average Bonchev–Trinajstić information content (AvgIpc) is 3.12. The van der Waals surface area contributed by atoms with Crippen LogP contribution >= 0.6 is 0 Å². The fourth-order valence-electron chi connectivity index (χ4n) is 4.17. The summed E-state index contributed by atoms with van der Waals surface area (Å²) in [5.41, 5.74) is 5.29. The van der Waals surface area contributed by atoms with E-state index in [1.807, 2.05) is 61.5 Å². The van der Waals surface area contributed by atoms with E-state index in [-0.39, 0.29) is 12.0 Å². The van der Waals surface area contributed by atoms with Crippen LogP contribution in [-0.2, 0) is 16.0 Å². The highest BCUT2D eigenvalue weighted by Crippen LogP contribution is 2.43. The summed E-state index contributed by atoms with van der Waals surface area (Å²) in [4.78, 5) is 25.7. The molecule has 0 fully saturated rings. The number of benzene rings is 2. The second kappa shape index (κ2) is 7.54. The van der Waals surface area contributed by atoms with Crippen LogP contribution in [0.25, 0.3) is 0 Å². The third-order valence-corrected chi connectivity index (χ3v) is 5.57. The first-order chi connectivity index (χ1) is 14.0. The Bertz CT molecular complexity index is 1010. The first-order valence-corrected chi connectivity index (χ1v) is 9.64. The third kappa shape index (κ3) is 3.53. The van der Waals surface area contributed by atoms with Crippen LogP contribution in [0.5, 0.6) is 0 Å².